The van der Waals surface area contributed by atoms with Gasteiger partial charge < -0.3 is 14.2 Å². The first-order valence-electron chi connectivity index (χ1n) is 32.3. The highest BCUT2D eigenvalue weighted by atomic mass is 16.6. The molecule has 0 aliphatic rings. The molecule has 0 rings (SSSR count). The van der Waals surface area contributed by atoms with Crippen molar-refractivity contribution >= 4 is 17.9 Å². The number of carbonyl (C=O) groups is 3. The quantitative estimate of drug-likeness (QED) is 0.0261. The van der Waals surface area contributed by atoms with Crippen molar-refractivity contribution in [1.29, 1.82) is 0 Å². The van der Waals surface area contributed by atoms with Gasteiger partial charge in [0.05, 0.1) is 0 Å². The molecule has 1 unspecified atom stereocenters. The minimum absolute atomic E-state index is 0.0733. The lowest BCUT2D eigenvalue weighted by atomic mass is 10.0. The van der Waals surface area contributed by atoms with Crippen LogP contribution in [0.1, 0.15) is 361 Å². The van der Waals surface area contributed by atoms with E-state index in [1.165, 1.54) is 231 Å². The van der Waals surface area contributed by atoms with Gasteiger partial charge in [-0.1, -0.05) is 321 Å². The monoisotopic (exact) mass is 1010 g/mol. The Hall–Kier alpha value is -2.11. The summed E-state index contributed by atoms with van der Waals surface area (Å²) in [6, 6.07) is 0. The molecular weight excluding hydrogens is 889 g/mol. The molecule has 0 spiro atoms. The summed E-state index contributed by atoms with van der Waals surface area (Å²) in [5.74, 6) is -0.884. The Labute approximate surface area is 449 Å². The predicted molar refractivity (Wildman–Crippen MR) is 312 cm³/mol. The minimum Gasteiger partial charge on any atom is -0.462 e. The molecule has 0 aromatic rings. The van der Waals surface area contributed by atoms with Crippen molar-refractivity contribution in [1.82, 2.24) is 0 Å². The summed E-state index contributed by atoms with van der Waals surface area (Å²) in [5.41, 5.74) is 0. The molecule has 0 saturated heterocycles. The molecule has 0 bridgehead atoms. The summed E-state index contributed by atoms with van der Waals surface area (Å²) < 4.78 is 16.7. The van der Waals surface area contributed by atoms with E-state index in [4.69, 9.17) is 14.2 Å². The second kappa shape index (κ2) is 61.4. The van der Waals surface area contributed by atoms with Crippen LogP contribution in [0.4, 0.5) is 0 Å². The molecule has 1 atom stereocenters. The smallest absolute Gasteiger partial charge is 0.306 e. The van der Waals surface area contributed by atoms with Gasteiger partial charge in [-0.2, -0.15) is 0 Å². The number of hydrogen-bond donors (Lipinski definition) is 0. The van der Waals surface area contributed by atoms with E-state index in [2.05, 4.69) is 45.1 Å². The van der Waals surface area contributed by atoms with Gasteiger partial charge in [-0.15, -0.1) is 0 Å². The third-order valence-electron chi connectivity index (χ3n) is 14.7. The van der Waals surface area contributed by atoms with E-state index < -0.39 is 6.10 Å². The molecule has 0 aromatic heterocycles. The van der Waals surface area contributed by atoms with Gasteiger partial charge >= 0.3 is 17.9 Å². The zero-order chi connectivity index (χ0) is 52.2. The maximum absolute atomic E-state index is 12.7. The van der Waals surface area contributed by atoms with Crippen molar-refractivity contribution in [3.8, 4) is 0 Å². The Kier molecular flexibility index (Phi) is 59.6. The normalized spacial score (nSPS) is 12.1. The van der Waals surface area contributed by atoms with Crippen molar-refractivity contribution in [3.05, 3.63) is 24.3 Å². The van der Waals surface area contributed by atoms with E-state index in [0.29, 0.717) is 19.3 Å². The van der Waals surface area contributed by atoms with Gasteiger partial charge in [0.2, 0.25) is 0 Å². The zero-order valence-electron chi connectivity index (χ0n) is 48.7. The van der Waals surface area contributed by atoms with Gasteiger partial charge in [0.1, 0.15) is 13.2 Å². The molecule has 0 aromatic carbocycles. The van der Waals surface area contributed by atoms with Crippen LogP contribution in [-0.2, 0) is 28.6 Å². The molecule has 0 saturated carbocycles. The average Bonchev–Trinajstić information content (AvgIpc) is 3.38. The van der Waals surface area contributed by atoms with Crippen molar-refractivity contribution in [2.24, 2.45) is 0 Å². The Bertz CT molecular complexity index is 1160. The van der Waals surface area contributed by atoms with Crippen LogP contribution in [-0.4, -0.2) is 37.2 Å². The van der Waals surface area contributed by atoms with Gasteiger partial charge in [0, 0.05) is 19.3 Å². The van der Waals surface area contributed by atoms with Crippen LogP contribution in [0.2, 0.25) is 0 Å². The number of carbonyl (C=O) groups excluding carboxylic acids is 3. The maximum Gasteiger partial charge on any atom is 0.306 e. The van der Waals surface area contributed by atoms with E-state index in [-0.39, 0.29) is 31.1 Å². The summed E-state index contributed by atoms with van der Waals surface area (Å²) in [5, 5.41) is 0. The number of ether oxygens (including phenoxy) is 3. The summed E-state index contributed by atoms with van der Waals surface area (Å²) in [6.07, 6.45) is 74.2. The fraction of sp³-hybridized carbons (Fsp3) is 0.894. The second-order valence-corrected chi connectivity index (χ2v) is 22.0. The number of esters is 3. The summed E-state index contributed by atoms with van der Waals surface area (Å²) in [6.45, 7) is 6.55. The van der Waals surface area contributed by atoms with Gasteiger partial charge in [0.15, 0.2) is 6.10 Å². The van der Waals surface area contributed by atoms with Crippen LogP contribution in [0.3, 0.4) is 0 Å². The molecule has 0 heterocycles. The van der Waals surface area contributed by atoms with E-state index in [9.17, 15) is 14.4 Å². The summed E-state index contributed by atoms with van der Waals surface area (Å²) >= 11 is 0. The van der Waals surface area contributed by atoms with Crippen LogP contribution in [0, 0.1) is 0 Å². The lowest BCUT2D eigenvalue weighted by Crippen LogP contribution is -2.30. The first-order chi connectivity index (χ1) is 35.5. The lowest BCUT2D eigenvalue weighted by Gasteiger charge is -2.18. The standard InChI is InChI=1S/C66H124O6/c1-4-7-10-13-15-17-19-21-23-24-25-26-27-28-29-30-31-32-33-34-35-36-37-38-39-40-41-42-43-45-46-48-50-53-56-59-65(68)71-62-63(61-70-64(67)58-55-52-12-9-6-3)72-66(69)60-57-54-51-49-47-44-22-20-18-16-14-11-8-5-2/h14,16,20,22,63H,4-13,15,17-19,21,23-62H2,1-3H3/b16-14-,22-20-. The fourth-order valence-electron chi connectivity index (χ4n) is 9.82. The highest BCUT2D eigenvalue weighted by molar-refractivity contribution is 5.71. The predicted octanol–water partition coefficient (Wildman–Crippen LogP) is 21.8. The molecule has 0 amide bonds. The molecule has 424 valence electrons. The molecule has 0 N–H and O–H groups in total. The number of unbranched alkanes of at least 4 members (excludes halogenated alkanes) is 45. The van der Waals surface area contributed by atoms with Gasteiger partial charge in [0.25, 0.3) is 0 Å². The largest absolute Gasteiger partial charge is 0.462 e. The Morgan fingerprint density at radius 1 is 0.278 bits per heavy atom. The number of rotatable bonds is 60. The van der Waals surface area contributed by atoms with E-state index >= 15 is 0 Å². The van der Waals surface area contributed by atoms with E-state index in [1.54, 1.807) is 0 Å². The first kappa shape index (κ1) is 69.9. The lowest BCUT2D eigenvalue weighted by molar-refractivity contribution is -0.167. The zero-order valence-corrected chi connectivity index (χ0v) is 48.7. The average molecular weight is 1010 g/mol. The topological polar surface area (TPSA) is 78.9 Å². The van der Waals surface area contributed by atoms with Crippen LogP contribution in [0.15, 0.2) is 24.3 Å². The van der Waals surface area contributed by atoms with Crippen molar-refractivity contribution in [3.63, 3.8) is 0 Å². The van der Waals surface area contributed by atoms with Crippen molar-refractivity contribution in [2.75, 3.05) is 13.2 Å². The molecule has 0 aliphatic heterocycles. The van der Waals surface area contributed by atoms with Crippen LogP contribution < -0.4 is 0 Å². The molecule has 0 radical (unpaired) electrons. The first-order valence-corrected chi connectivity index (χ1v) is 32.3. The molecule has 0 fully saturated rings. The van der Waals surface area contributed by atoms with Gasteiger partial charge in [-0.25, -0.2) is 0 Å². The molecular formula is C66H124O6. The second-order valence-electron chi connectivity index (χ2n) is 22.0. The Balaban J connectivity index is 3.81. The number of hydrogen-bond acceptors (Lipinski definition) is 6. The summed E-state index contributed by atoms with van der Waals surface area (Å²) in [4.78, 5) is 37.8. The Morgan fingerprint density at radius 2 is 0.514 bits per heavy atom. The summed E-state index contributed by atoms with van der Waals surface area (Å²) in [7, 11) is 0. The molecule has 6 nitrogen and oxygen atoms in total. The molecule has 6 heteroatoms. The highest BCUT2D eigenvalue weighted by Gasteiger charge is 2.19. The SMILES string of the molecule is CCCC/C=C\C/C=C\CCCCCCCC(=O)OC(COC(=O)CCCCCCC)COC(=O)CCCCCCCCCCCCCCCCCCCCCCCCCCCCCCCCCCCCC. The molecule has 0 aliphatic carbocycles. The number of allylic oxidation sites excluding steroid dienone is 4. The van der Waals surface area contributed by atoms with Gasteiger partial charge in [-0.3, -0.25) is 14.4 Å². The minimum atomic E-state index is -0.772. The van der Waals surface area contributed by atoms with Crippen LogP contribution in [0.5, 0.6) is 0 Å². The van der Waals surface area contributed by atoms with E-state index in [1.807, 2.05) is 0 Å². The highest BCUT2D eigenvalue weighted by Crippen LogP contribution is 2.18. The van der Waals surface area contributed by atoms with Crippen LogP contribution in [0.25, 0.3) is 0 Å². The van der Waals surface area contributed by atoms with Crippen molar-refractivity contribution in [2.45, 2.75) is 367 Å². The van der Waals surface area contributed by atoms with Crippen molar-refractivity contribution < 1.29 is 28.6 Å². The van der Waals surface area contributed by atoms with Gasteiger partial charge in [-0.05, 0) is 44.9 Å². The Morgan fingerprint density at radius 3 is 0.806 bits per heavy atom. The molecule has 72 heavy (non-hydrogen) atoms. The third-order valence-corrected chi connectivity index (χ3v) is 14.7. The van der Waals surface area contributed by atoms with Crippen LogP contribution >= 0.6 is 0 Å². The fourth-order valence-corrected chi connectivity index (χ4v) is 9.82. The maximum atomic E-state index is 12.7. The third kappa shape index (κ3) is 58.8. The van der Waals surface area contributed by atoms with E-state index in [0.717, 1.165) is 89.9 Å².